The molecule has 0 radical (unpaired) electrons. The maximum Gasteiger partial charge on any atom is 0.435 e. The lowest BCUT2D eigenvalue weighted by molar-refractivity contribution is -0.175. The van der Waals surface area contributed by atoms with E-state index in [9.17, 15) is 31.2 Å². The molecule has 12 nitrogen and oxygen atoms in total. The first-order valence-corrected chi connectivity index (χ1v) is 15.0. The molecule has 1 heterocycles. The number of sulfonamides is 1. The van der Waals surface area contributed by atoms with Crippen molar-refractivity contribution < 1.29 is 40.8 Å². The minimum absolute atomic E-state index is 0.0427. The van der Waals surface area contributed by atoms with Crippen LogP contribution in [0.25, 0.3) is 16.9 Å². The van der Waals surface area contributed by atoms with Gasteiger partial charge in [-0.1, -0.05) is 36.2 Å². The minimum atomic E-state index is -4.68. The summed E-state index contributed by atoms with van der Waals surface area (Å²) in [6, 6.07) is 12.8. The first-order valence-electron chi connectivity index (χ1n) is 13.5. The van der Waals surface area contributed by atoms with Gasteiger partial charge in [0.25, 0.3) is 16.3 Å². The lowest BCUT2D eigenvalue weighted by Crippen LogP contribution is -2.30. The molecule has 0 aliphatic rings. The first-order chi connectivity index (χ1) is 20.7. The molecule has 1 amide bonds. The highest BCUT2D eigenvalue weighted by molar-refractivity contribution is 7.90. The Morgan fingerprint density at radius 2 is 1.73 bits per heavy atom. The summed E-state index contributed by atoms with van der Waals surface area (Å²) in [4.78, 5) is 27.8. The molecule has 44 heavy (non-hydrogen) atoms. The number of hydrogen-bond acceptors (Lipinski definition) is 9. The van der Waals surface area contributed by atoms with Gasteiger partial charge in [0.2, 0.25) is 5.91 Å². The molecule has 0 saturated carbocycles. The van der Waals surface area contributed by atoms with Gasteiger partial charge in [0, 0.05) is 44.7 Å². The maximum atomic E-state index is 13.5. The number of esters is 1. The number of nitrogens with one attached hydrogen (secondary N) is 1. The molecule has 0 saturated heterocycles. The Morgan fingerprint density at radius 1 is 1.07 bits per heavy atom. The number of benzene rings is 2. The molecule has 0 spiro atoms. The van der Waals surface area contributed by atoms with Gasteiger partial charge in [-0.15, -0.1) is 0 Å². The molecule has 0 fully saturated rings. The normalized spacial score (nSPS) is 12.6. The smallest absolute Gasteiger partial charge is 0.423 e. The van der Waals surface area contributed by atoms with E-state index in [-0.39, 0.29) is 22.7 Å². The molecule has 0 aliphatic carbocycles. The Labute approximate surface area is 252 Å². The number of aromatic nitrogens is 2. The van der Waals surface area contributed by atoms with Crippen molar-refractivity contribution in [1.82, 2.24) is 19.5 Å². The van der Waals surface area contributed by atoms with Crippen LogP contribution in [0.3, 0.4) is 0 Å². The summed E-state index contributed by atoms with van der Waals surface area (Å²) in [5.74, 6) is -1.21. The SMILES string of the molecule is CC(=O)OC(C)O/N=N\N(C)CCCCCC(=O)NS(=O)(=O)c1ccc(-n2nc(C(F)(F)F)cc2-c2ccc(C)cc2)cc1. The summed E-state index contributed by atoms with van der Waals surface area (Å²) in [5, 5.41) is 12.5. The predicted molar refractivity (Wildman–Crippen MR) is 152 cm³/mol. The Balaban J connectivity index is 1.55. The molecule has 1 N–H and O–H groups in total. The molecule has 1 aromatic heterocycles. The van der Waals surface area contributed by atoms with E-state index in [1.807, 2.05) is 11.6 Å². The van der Waals surface area contributed by atoms with Crippen LogP contribution < -0.4 is 4.72 Å². The average molecular weight is 639 g/mol. The average Bonchev–Trinajstić information content (AvgIpc) is 3.39. The van der Waals surface area contributed by atoms with Crippen molar-refractivity contribution in [3.8, 4) is 16.9 Å². The van der Waals surface area contributed by atoms with Crippen LogP contribution >= 0.6 is 0 Å². The van der Waals surface area contributed by atoms with Gasteiger partial charge in [0.05, 0.1) is 16.3 Å². The zero-order valence-electron chi connectivity index (χ0n) is 24.5. The molecule has 0 bridgehead atoms. The molecule has 1 unspecified atom stereocenters. The number of unbranched alkanes of at least 4 members (excludes halogenated alkanes) is 2. The Morgan fingerprint density at radius 3 is 2.34 bits per heavy atom. The summed E-state index contributed by atoms with van der Waals surface area (Å²) < 4.78 is 73.8. The topological polar surface area (TPSA) is 145 Å². The van der Waals surface area contributed by atoms with Crippen molar-refractivity contribution in [1.29, 1.82) is 0 Å². The highest BCUT2D eigenvalue weighted by atomic mass is 32.2. The fourth-order valence-electron chi connectivity index (χ4n) is 3.93. The number of carbonyl (C=O) groups is 2. The molecule has 3 rings (SSSR count). The van der Waals surface area contributed by atoms with Crippen molar-refractivity contribution in [2.24, 2.45) is 10.5 Å². The van der Waals surface area contributed by atoms with Gasteiger partial charge in [-0.2, -0.15) is 18.3 Å². The van der Waals surface area contributed by atoms with Gasteiger partial charge in [-0.3, -0.25) is 14.6 Å². The van der Waals surface area contributed by atoms with Crippen LogP contribution in [0.2, 0.25) is 0 Å². The number of nitrogens with zero attached hydrogens (tertiary/aromatic N) is 5. The van der Waals surface area contributed by atoms with Crippen LogP contribution in [0.15, 0.2) is 70.0 Å². The van der Waals surface area contributed by atoms with E-state index in [0.717, 1.165) is 16.3 Å². The molecular formula is C28H33F3N6O6S. The van der Waals surface area contributed by atoms with Gasteiger partial charge in [0.15, 0.2) is 5.69 Å². The fraction of sp³-hybridized carbons (Fsp3) is 0.393. The number of ether oxygens (including phenoxy) is 1. The van der Waals surface area contributed by atoms with Crippen LogP contribution in [0.5, 0.6) is 0 Å². The second-order valence-electron chi connectivity index (χ2n) is 9.86. The van der Waals surface area contributed by atoms with Crippen molar-refractivity contribution in [2.75, 3.05) is 13.6 Å². The Bertz CT molecular complexity index is 1560. The summed E-state index contributed by atoms with van der Waals surface area (Å²) in [6.45, 7) is 5.06. The Kier molecular flexibility index (Phi) is 11.5. The van der Waals surface area contributed by atoms with E-state index in [1.54, 1.807) is 31.3 Å². The Hall–Kier alpha value is -4.47. The fourth-order valence-corrected chi connectivity index (χ4v) is 4.94. The standard InChI is InChI=1S/C28H33F3N6O6S/c1-19-9-11-22(12-10-19)25-18-26(28(29,30)31)32-37(25)23-13-15-24(16-14-23)44(40,41)33-27(39)8-6-5-7-17-36(4)34-35-43-21(3)42-20(2)38/h9-16,18,21H,5-8,17H2,1-4H3,(H,33,39)/b35-34-. The monoisotopic (exact) mass is 638 g/mol. The third kappa shape index (κ3) is 10.1. The number of amides is 1. The van der Waals surface area contributed by atoms with Crippen molar-refractivity contribution in [2.45, 2.75) is 63.8 Å². The maximum absolute atomic E-state index is 13.5. The summed E-state index contributed by atoms with van der Waals surface area (Å²) in [6.07, 6.45) is -3.96. The number of rotatable bonds is 14. The van der Waals surface area contributed by atoms with Crippen molar-refractivity contribution in [3.05, 3.63) is 65.9 Å². The second-order valence-corrected chi connectivity index (χ2v) is 11.5. The van der Waals surface area contributed by atoms with Crippen molar-refractivity contribution >= 4 is 21.9 Å². The third-order valence-electron chi connectivity index (χ3n) is 6.09. The van der Waals surface area contributed by atoms with E-state index in [0.29, 0.717) is 31.4 Å². The molecule has 0 aliphatic heterocycles. The first kappa shape index (κ1) is 34.0. The van der Waals surface area contributed by atoms with Gasteiger partial charge in [-0.05, 0) is 55.3 Å². The molecule has 3 aromatic rings. The van der Waals surface area contributed by atoms with Crippen molar-refractivity contribution in [3.63, 3.8) is 0 Å². The largest absolute Gasteiger partial charge is 0.435 e. The third-order valence-corrected chi connectivity index (χ3v) is 7.48. The quantitative estimate of drug-likeness (QED) is 0.0816. The molecule has 2 aromatic carbocycles. The lowest BCUT2D eigenvalue weighted by Gasteiger charge is -2.12. The molecule has 238 valence electrons. The number of hydrogen-bond donors (Lipinski definition) is 1. The zero-order valence-corrected chi connectivity index (χ0v) is 25.4. The highest BCUT2D eigenvalue weighted by Gasteiger charge is 2.35. The van der Waals surface area contributed by atoms with Gasteiger partial charge in [-0.25, -0.2) is 17.8 Å². The summed E-state index contributed by atoms with van der Waals surface area (Å²) in [5.41, 5.74) is 0.721. The van der Waals surface area contributed by atoms with E-state index < -0.39 is 40.1 Å². The van der Waals surface area contributed by atoms with Crippen LogP contribution in [0.4, 0.5) is 13.2 Å². The zero-order chi connectivity index (χ0) is 32.5. The van der Waals surface area contributed by atoms with E-state index in [1.165, 1.54) is 43.1 Å². The number of halogens is 3. The number of carbonyl (C=O) groups excluding carboxylic acids is 2. The van der Waals surface area contributed by atoms with Gasteiger partial charge < -0.3 is 9.57 Å². The van der Waals surface area contributed by atoms with Crippen LogP contribution in [0, 0.1) is 6.92 Å². The van der Waals surface area contributed by atoms with Crippen LogP contribution in [-0.4, -0.2) is 55.0 Å². The predicted octanol–water partition coefficient (Wildman–Crippen LogP) is 5.37. The van der Waals surface area contributed by atoms with Gasteiger partial charge >= 0.3 is 12.1 Å². The lowest BCUT2D eigenvalue weighted by atomic mass is 10.1. The van der Waals surface area contributed by atoms with Crippen LogP contribution in [-0.2, 0) is 35.4 Å². The van der Waals surface area contributed by atoms with Crippen LogP contribution in [0.1, 0.15) is 50.8 Å². The number of alkyl halides is 3. The van der Waals surface area contributed by atoms with E-state index in [4.69, 9.17) is 9.57 Å². The second kappa shape index (κ2) is 14.8. The highest BCUT2D eigenvalue weighted by Crippen LogP contribution is 2.33. The minimum Gasteiger partial charge on any atom is -0.423 e. The molecular weight excluding hydrogens is 605 g/mol. The van der Waals surface area contributed by atoms with E-state index in [2.05, 4.69) is 15.6 Å². The van der Waals surface area contributed by atoms with Gasteiger partial charge in [0.1, 0.15) is 0 Å². The van der Waals surface area contributed by atoms with E-state index >= 15 is 0 Å². The molecule has 16 heteroatoms. The summed E-state index contributed by atoms with van der Waals surface area (Å²) >= 11 is 0. The number of aryl methyl sites for hydroxylation is 1. The summed E-state index contributed by atoms with van der Waals surface area (Å²) in [7, 11) is -2.56. The molecule has 1 atom stereocenters.